The lowest BCUT2D eigenvalue weighted by molar-refractivity contribution is 0.495. The van der Waals surface area contributed by atoms with Crippen LogP contribution in [0.2, 0.25) is 0 Å². The first-order valence-corrected chi connectivity index (χ1v) is 7.63. The first kappa shape index (κ1) is 13.6. The van der Waals surface area contributed by atoms with Crippen molar-refractivity contribution in [2.75, 3.05) is 0 Å². The van der Waals surface area contributed by atoms with Gasteiger partial charge in [-0.15, -0.1) is 0 Å². The quantitative estimate of drug-likeness (QED) is 0.638. The maximum absolute atomic E-state index is 9.18. The van der Waals surface area contributed by atoms with E-state index in [2.05, 4.69) is 0 Å². The van der Waals surface area contributed by atoms with Crippen LogP contribution in [0.4, 0.5) is 0 Å². The van der Waals surface area contributed by atoms with E-state index in [4.69, 9.17) is 0 Å². The Hall–Kier alpha value is -0.860. The van der Waals surface area contributed by atoms with Crippen molar-refractivity contribution in [1.82, 2.24) is 0 Å². The van der Waals surface area contributed by atoms with Gasteiger partial charge in [0.05, 0.1) is 0 Å². The first-order chi connectivity index (χ1) is 8.58. The van der Waals surface area contributed by atoms with Crippen LogP contribution in [0.5, 0.6) is 0 Å². The molecule has 18 heavy (non-hydrogen) atoms. The van der Waals surface area contributed by atoms with Crippen molar-refractivity contribution in [3.63, 3.8) is 0 Å². The highest BCUT2D eigenvalue weighted by atomic mass is 31.2. The Balaban J connectivity index is 2.42. The molecule has 2 aromatic rings. The zero-order valence-corrected chi connectivity index (χ0v) is 11.1. The van der Waals surface area contributed by atoms with Crippen LogP contribution >= 0.6 is 16.8 Å². The predicted octanol–water partition coefficient (Wildman–Crippen LogP) is 1.20. The fourth-order valence-corrected chi connectivity index (χ4v) is 2.57. The number of hydrogen-bond donors (Lipinski definition) is 4. The van der Waals surface area contributed by atoms with Gasteiger partial charge in [0.1, 0.15) is 0 Å². The van der Waals surface area contributed by atoms with Gasteiger partial charge in [0.2, 0.25) is 0 Å². The topological polar surface area (TPSA) is 80.9 Å². The van der Waals surface area contributed by atoms with Gasteiger partial charge in [-0.2, -0.15) is 0 Å². The average molecular weight is 282 g/mol. The van der Waals surface area contributed by atoms with Gasteiger partial charge in [0.25, 0.3) is 0 Å². The van der Waals surface area contributed by atoms with E-state index in [0.717, 1.165) is 11.1 Å². The maximum Gasteiger partial charge on any atom is 0.199 e. The van der Waals surface area contributed by atoms with Crippen LogP contribution in [-0.2, 0) is 0 Å². The van der Waals surface area contributed by atoms with Gasteiger partial charge >= 0.3 is 0 Å². The van der Waals surface area contributed by atoms with Crippen LogP contribution in [0, 0.1) is 0 Å². The number of benzene rings is 2. The SMILES string of the molecule is OP(O)c1cccc(-c2cccc(P(O)O)c2)c1. The largest absolute Gasteiger partial charge is 0.347 e. The van der Waals surface area contributed by atoms with Crippen molar-refractivity contribution in [2.45, 2.75) is 0 Å². The summed E-state index contributed by atoms with van der Waals surface area (Å²) in [5.41, 5.74) is 1.61. The zero-order valence-electron chi connectivity index (χ0n) is 9.30. The molecule has 0 aromatic heterocycles. The minimum atomic E-state index is -2.12. The minimum Gasteiger partial charge on any atom is -0.347 e. The molecule has 0 saturated carbocycles. The van der Waals surface area contributed by atoms with Gasteiger partial charge in [0.15, 0.2) is 16.8 Å². The summed E-state index contributed by atoms with van der Waals surface area (Å²) in [6.45, 7) is 0. The van der Waals surface area contributed by atoms with Gasteiger partial charge in [-0.25, -0.2) is 0 Å². The fourth-order valence-electron chi connectivity index (χ4n) is 1.62. The van der Waals surface area contributed by atoms with Crippen molar-refractivity contribution in [3.8, 4) is 11.1 Å². The molecule has 0 radical (unpaired) electrons. The van der Waals surface area contributed by atoms with Crippen molar-refractivity contribution in [3.05, 3.63) is 48.5 Å². The second-order valence-electron chi connectivity index (χ2n) is 3.68. The highest BCUT2D eigenvalue weighted by Gasteiger charge is 2.08. The molecule has 2 rings (SSSR count). The van der Waals surface area contributed by atoms with Crippen LogP contribution < -0.4 is 10.6 Å². The summed E-state index contributed by atoms with van der Waals surface area (Å²) in [5, 5.41) is 0.923. The van der Waals surface area contributed by atoms with Crippen LogP contribution in [0.15, 0.2) is 48.5 Å². The van der Waals surface area contributed by atoms with E-state index in [1.165, 1.54) is 0 Å². The van der Waals surface area contributed by atoms with E-state index >= 15 is 0 Å². The van der Waals surface area contributed by atoms with Gasteiger partial charge in [-0.1, -0.05) is 24.3 Å². The lowest BCUT2D eigenvalue weighted by atomic mass is 10.1. The molecular formula is C12H12O4P2. The summed E-state index contributed by atoms with van der Waals surface area (Å²) >= 11 is 0. The molecule has 0 atom stereocenters. The second kappa shape index (κ2) is 5.85. The molecule has 4 nitrogen and oxygen atoms in total. The molecule has 0 spiro atoms. The molecule has 4 N–H and O–H groups in total. The normalized spacial score (nSPS) is 11.2. The number of rotatable bonds is 3. The van der Waals surface area contributed by atoms with Gasteiger partial charge in [-0.3, -0.25) is 0 Å². The molecule has 2 aromatic carbocycles. The third-order valence-electron chi connectivity index (χ3n) is 2.49. The predicted molar refractivity (Wildman–Crippen MR) is 73.9 cm³/mol. The molecule has 0 aliphatic rings. The van der Waals surface area contributed by atoms with Crippen LogP contribution in [0.1, 0.15) is 0 Å². The van der Waals surface area contributed by atoms with Gasteiger partial charge < -0.3 is 19.6 Å². The Bertz CT molecular complexity index is 494. The van der Waals surface area contributed by atoms with Crippen molar-refractivity contribution in [1.29, 1.82) is 0 Å². The monoisotopic (exact) mass is 282 g/mol. The van der Waals surface area contributed by atoms with E-state index in [-0.39, 0.29) is 0 Å². The molecule has 0 aliphatic heterocycles. The molecule has 0 bridgehead atoms. The van der Waals surface area contributed by atoms with Crippen LogP contribution in [-0.4, -0.2) is 19.6 Å². The van der Waals surface area contributed by atoms with E-state index in [1.54, 1.807) is 36.4 Å². The third-order valence-corrected chi connectivity index (χ3v) is 3.97. The molecule has 0 saturated heterocycles. The molecule has 0 aliphatic carbocycles. The molecule has 94 valence electrons. The lowest BCUT2D eigenvalue weighted by Crippen LogP contribution is -2.02. The Morgan fingerprint density at radius 1 is 0.611 bits per heavy atom. The highest BCUT2D eigenvalue weighted by molar-refractivity contribution is 7.54. The molecule has 0 unspecified atom stereocenters. The van der Waals surface area contributed by atoms with E-state index in [0.29, 0.717) is 10.6 Å². The van der Waals surface area contributed by atoms with Crippen LogP contribution in [0.25, 0.3) is 11.1 Å². The smallest absolute Gasteiger partial charge is 0.199 e. The number of hydrogen-bond acceptors (Lipinski definition) is 4. The van der Waals surface area contributed by atoms with Crippen LogP contribution in [0.3, 0.4) is 0 Å². The zero-order chi connectivity index (χ0) is 13.1. The summed E-state index contributed by atoms with van der Waals surface area (Å²) in [6, 6.07) is 13.8. The molecule has 0 fully saturated rings. The lowest BCUT2D eigenvalue weighted by Gasteiger charge is -2.08. The van der Waals surface area contributed by atoms with E-state index < -0.39 is 16.8 Å². The van der Waals surface area contributed by atoms with Crippen molar-refractivity contribution in [2.24, 2.45) is 0 Å². The fraction of sp³-hybridized carbons (Fsp3) is 0. The summed E-state index contributed by atoms with van der Waals surface area (Å²) in [7, 11) is -4.23. The highest BCUT2D eigenvalue weighted by Crippen LogP contribution is 2.28. The summed E-state index contributed by atoms with van der Waals surface area (Å²) in [6.07, 6.45) is 0. The first-order valence-electron chi connectivity index (χ1n) is 5.14. The molecular weight excluding hydrogens is 270 g/mol. The Labute approximate surface area is 107 Å². The molecule has 0 heterocycles. The summed E-state index contributed by atoms with van der Waals surface area (Å²) in [5.74, 6) is 0. The summed E-state index contributed by atoms with van der Waals surface area (Å²) < 4.78 is 0. The van der Waals surface area contributed by atoms with Crippen molar-refractivity contribution < 1.29 is 19.6 Å². The minimum absolute atomic E-state index is 0.461. The Morgan fingerprint density at radius 2 is 1.00 bits per heavy atom. The maximum atomic E-state index is 9.18. The van der Waals surface area contributed by atoms with Crippen molar-refractivity contribution >= 4 is 27.4 Å². The second-order valence-corrected chi connectivity index (χ2v) is 5.87. The van der Waals surface area contributed by atoms with E-state index in [9.17, 15) is 19.6 Å². The third kappa shape index (κ3) is 3.12. The summed E-state index contributed by atoms with van der Waals surface area (Å²) in [4.78, 5) is 36.7. The van der Waals surface area contributed by atoms with E-state index in [1.807, 2.05) is 12.1 Å². The Morgan fingerprint density at radius 3 is 1.33 bits per heavy atom. The Kier molecular flexibility index (Phi) is 4.41. The standard InChI is InChI=1S/C12H12O4P2/c13-17(14)11-5-1-3-9(7-11)10-4-2-6-12(8-10)18(15)16/h1-8,13-16H. The average Bonchev–Trinajstić information content (AvgIpc) is 2.39. The molecule has 6 heteroatoms. The van der Waals surface area contributed by atoms with Gasteiger partial charge in [0, 0.05) is 10.6 Å². The molecule has 0 amide bonds. The van der Waals surface area contributed by atoms with Gasteiger partial charge in [-0.05, 0) is 35.4 Å².